The first-order chi connectivity index (χ1) is 9.77. The van der Waals surface area contributed by atoms with Crippen LogP contribution in [0.5, 0.6) is 0 Å². The van der Waals surface area contributed by atoms with Gasteiger partial charge in [0, 0.05) is 36.7 Å². The fraction of sp³-hybridized carbons (Fsp3) is 1.00. The van der Waals surface area contributed by atoms with E-state index < -0.39 is 0 Å². The van der Waals surface area contributed by atoms with Crippen LogP contribution in [0.1, 0.15) is 44.9 Å². The molecule has 0 bridgehead atoms. The molecule has 0 spiro atoms. The molecule has 0 saturated heterocycles. The molecule has 0 amide bonds. The molecule has 1 rings (SSSR count). The second-order valence-electron chi connectivity index (χ2n) is 6.16. The van der Waals surface area contributed by atoms with Crippen LogP contribution in [0.4, 0.5) is 0 Å². The van der Waals surface area contributed by atoms with Crippen LogP contribution < -0.4 is 0 Å². The van der Waals surface area contributed by atoms with Crippen molar-refractivity contribution >= 4 is 88.4 Å². The van der Waals surface area contributed by atoms with Crippen molar-refractivity contribution in [2.75, 3.05) is 0 Å². The van der Waals surface area contributed by atoms with Gasteiger partial charge >= 0.3 is 0 Å². The SMILES string of the molecule is SC1CCC(S)CC(S)C(S)CC(S)CC(S)CC(S)C1. The summed E-state index contributed by atoms with van der Waals surface area (Å²) in [6.45, 7) is 0. The quantitative estimate of drug-likeness (QED) is 0.269. The van der Waals surface area contributed by atoms with Crippen molar-refractivity contribution in [1.82, 2.24) is 0 Å². The average molecular weight is 421 g/mol. The van der Waals surface area contributed by atoms with Gasteiger partial charge in [0.15, 0.2) is 0 Å². The summed E-state index contributed by atoms with van der Waals surface area (Å²) in [6, 6.07) is 0. The molecule has 7 heteroatoms. The van der Waals surface area contributed by atoms with Gasteiger partial charge in [0.2, 0.25) is 0 Å². The van der Waals surface area contributed by atoms with E-state index in [2.05, 4.69) is 0 Å². The molecule has 0 radical (unpaired) electrons. The lowest BCUT2D eigenvalue weighted by molar-refractivity contribution is 0.546. The maximum absolute atomic E-state index is 4.72. The summed E-state index contributed by atoms with van der Waals surface area (Å²) in [4.78, 5) is 0. The van der Waals surface area contributed by atoms with Crippen molar-refractivity contribution in [3.63, 3.8) is 0 Å². The molecule has 0 aromatic heterocycles. The van der Waals surface area contributed by atoms with Gasteiger partial charge in [-0.25, -0.2) is 0 Å². The van der Waals surface area contributed by atoms with Crippen molar-refractivity contribution in [3.05, 3.63) is 0 Å². The van der Waals surface area contributed by atoms with Gasteiger partial charge in [0.05, 0.1) is 0 Å². The Morgan fingerprint density at radius 1 is 0.381 bits per heavy atom. The van der Waals surface area contributed by atoms with Crippen molar-refractivity contribution in [2.45, 2.75) is 81.7 Å². The van der Waals surface area contributed by atoms with Gasteiger partial charge < -0.3 is 0 Å². The zero-order chi connectivity index (χ0) is 16.0. The van der Waals surface area contributed by atoms with E-state index >= 15 is 0 Å². The van der Waals surface area contributed by atoms with E-state index in [0.717, 1.165) is 44.9 Å². The molecular formula is C14H28S7. The van der Waals surface area contributed by atoms with Crippen LogP contribution in [0.3, 0.4) is 0 Å². The van der Waals surface area contributed by atoms with Crippen LogP contribution in [-0.4, -0.2) is 36.7 Å². The van der Waals surface area contributed by atoms with Gasteiger partial charge in [-0.2, -0.15) is 88.4 Å². The molecule has 7 unspecified atom stereocenters. The van der Waals surface area contributed by atoms with Gasteiger partial charge in [-0.3, -0.25) is 0 Å². The van der Waals surface area contributed by atoms with Gasteiger partial charge in [-0.1, -0.05) is 0 Å². The van der Waals surface area contributed by atoms with Gasteiger partial charge in [-0.15, -0.1) is 0 Å². The lowest BCUT2D eigenvalue weighted by Crippen LogP contribution is -2.26. The van der Waals surface area contributed by atoms with Crippen LogP contribution in [0.2, 0.25) is 0 Å². The molecule has 1 fully saturated rings. The Balaban J connectivity index is 2.65. The normalized spacial score (nSPS) is 45.0. The Morgan fingerprint density at radius 2 is 0.667 bits per heavy atom. The van der Waals surface area contributed by atoms with E-state index in [1.165, 1.54) is 0 Å². The Kier molecular flexibility index (Phi) is 11.4. The van der Waals surface area contributed by atoms with Gasteiger partial charge in [0.25, 0.3) is 0 Å². The Morgan fingerprint density at radius 3 is 1.14 bits per heavy atom. The van der Waals surface area contributed by atoms with E-state index in [4.69, 9.17) is 88.4 Å². The van der Waals surface area contributed by atoms with Crippen molar-refractivity contribution in [1.29, 1.82) is 0 Å². The molecule has 0 aliphatic heterocycles. The zero-order valence-corrected chi connectivity index (χ0v) is 18.4. The molecular weight excluding hydrogens is 393 g/mol. The standard InChI is InChI=1S/C14H28S7/c15-8-1-2-9(16)6-13(20)14(21)7-12(19)5-11(18)4-10(17)3-8/h8-21H,1-7H2. The van der Waals surface area contributed by atoms with Gasteiger partial charge in [-0.05, 0) is 44.9 Å². The largest absolute Gasteiger partial charge is 0.176 e. The zero-order valence-electron chi connectivity index (χ0n) is 12.1. The van der Waals surface area contributed by atoms with Crippen molar-refractivity contribution < 1.29 is 0 Å². The number of thiol groups is 7. The predicted octanol–water partition coefficient (Wildman–Crippen LogP) is 4.82. The first kappa shape index (κ1) is 21.5. The number of hydrogen-bond donors (Lipinski definition) is 7. The second kappa shape index (κ2) is 11.1. The third kappa shape index (κ3) is 9.49. The molecule has 7 atom stereocenters. The molecule has 21 heavy (non-hydrogen) atoms. The number of hydrogen-bond acceptors (Lipinski definition) is 7. The third-order valence-corrected chi connectivity index (χ3v) is 7.52. The highest BCUT2D eigenvalue weighted by Crippen LogP contribution is 2.30. The van der Waals surface area contributed by atoms with E-state index in [1.807, 2.05) is 0 Å². The van der Waals surface area contributed by atoms with Crippen LogP contribution in [-0.2, 0) is 0 Å². The first-order valence-corrected chi connectivity index (χ1v) is 11.2. The first-order valence-electron chi connectivity index (χ1n) is 7.54. The van der Waals surface area contributed by atoms with E-state index in [0.29, 0.717) is 26.2 Å². The summed E-state index contributed by atoms with van der Waals surface area (Å²) < 4.78 is 0. The molecule has 0 aromatic carbocycles. The van der Waals surface area contributed by atoms with Crippen LogP contribution >= 0.6 is 88.4 Å². The molecule has 0 N–H and O–H groups in total. The molecule has 1 aliphatic carbocycles. The fourth-order valence-corrected chi connectivity index (χ4v) is 6.59. The summed E-state index contributed by atoms with van der Waals surface area (Å²) in [5.74, 6) is 0. The minimum Gasteiger partial charge on any atom is -0.176 e. The third-order valence-electron chi connectivity index (χ3n) is 3.94. The minimum absolute atomic E-state index is 0.257. The molecule has 0 nitrogen and oxygen atoms in total. The van der Waals surface area contributed by atoms with Crippen LogP contribution in [0.25, 0.3) is 0 Å². The maximum Gasteiger partial charge on any atom is 0.0144 e. The molecule has 1 aliphatic rings. The summed E-state index contributed by atoms with van der Waals surface area (Å²) in [5, 5.41) is 2.31. The molecule has 0 aromatic rings. The van der Waals surface area contributed by atoms with Crippen molar-refractivity contribution in [3.8, 4) is 0 Å². The Hall–Kier alpha value is 2.45. The summed E-state index contributed by atoms with van der Waals surface area (Å²) in [5.41, 5.74) is 0. The summed E-state index contributed by atoms with van der Waals surface area (Å²) in [6.07, 6.45) is 7.12. The summed E-state index contributed by atoms with van der Waals surface area (Å²) in [7, 11) is 0. The molecule has 0 heterocycles. The smallest absolute Gasteiger partial charge is 0.0144 e. The summed E-state index contributed by atoms with van der Waals surface area (Å²) >= 11 is 33.0. The average Bonchev–Trinajstić information content (AvgIpc) is 2.34. The predicted molar refractivity (Wildman–Crippen MR) is 122 cm³/mol. The highest BCUT2D eigenvalue weighted by atomic mass is 32.1. The Bertz CT molecular complexity index is 288. The lowest BCUT2D eigenvalue weighted by atomic mass is 9.99. The minimum atomic E-state index is 0.257. The van der Waals surface area contributed by atoms with Gasteiger partial charge in [0.1, 0.15) is 0 Å². The van der Waals surface area contributed by atoms with Crippen LogP contribution in [0, 0.1) is 0 Å². The molecule has 126 valence electrons. The van der Waals surface area contributed by atoms with Crippen LogP contribution in [0.15, 0.2) is 0 Å². The lowest BCUT2D eigenvalue weighted by Gasteiger charge is -2.27. The fourth-order valence-electron chi connectivity index (χ4n) is 2.72. The van der Waals surface area contributed by atoms with E-state index in [-0.39, 0.29) is 10.5 Å². The highest BCUT2D eigenvalue weighted by Gasteiger charge is 2.24. The monoisotopic (exact) mass is 420 g/mol. The van der Waals surface area contributed by atoms with E-state index in [1.54, 1.807) is 0 Å². The Labute approximate surface area is 169 Å². The highest BCUT2D eigenvalue weighted by molar-refractivity contribution is 7.85. The van der Waals surface area contributed by atoms with Crippen molar-refractivity contribution in [2.24, 2.45) is 0 Å². The topological polar surface area (TPSA) is 0 Å². The molecule has 1 saturated carbocycles. The number of rotatable bonds is 0. The maximum atomic E-state index is 4.72. The van der Waals surface area contributed by atoms with E-state index in [9.17, 15) is 0 Å². The second-order valence-corrected chi connectivity index (χ2v) is 11.1.